The molecular weight excluding hydrogens is 468 g/mol. The first kappa shape index (κ1) is 25.4. The number of aryl methyl sites for hydroxylation is 1. The Hall–Kier alpha value is -2.88. The topological polar surface area (TPSA) is 58.2 Å². The van der Waals surface area contributed by atoms with Crippen molar-refractivity contribution in [3.63, 3.8) is 0 Å². The molecular formula is C34H42N2O2. The van der Waals surface area contributed by atoms with E-state index in [1.54, 1.807) is 6.08 Å². The van der Waals surface area contributed by atoms with Crippen molar-refractivity contribution in [1.82, 2.24) is 10.6 Å². The zero-order chi connectivity index (χ0) is 26.5. The SMILES string of the molecule is Cc1ccc(CC(NC(=O)C2CC[C@H]3[C@@H]4CCC5NC(=O)C=C[C@]5(C)[C@@H]4CC[C@]23C)c2ccccc2)cc1. The van der Waals surface area contributed by atoms with E-state index in [9.17, 15) is 9.59 Å². The predicted molar refractivity (Wildman–Crippen MR) is 151 cm³/mol. The van der Waals surface area contributed by atoms with Gasteiger partial charge in [-0.05, 0) is 92.2 Å². The van der Waals surface area contributed by atoms with Crippen LogP contribution in [0, 0.1) is 41.4 Å². The van der Waals surface area contributed by atoms with Crippen LogP contribution >= 0.6 is 0 Å². The van der Waals surface area contributed by atoms with E-state index in [0.717, 1.165) is 44.9 Å². The van der Waals surface area contributed by atoms with Crippen molar-refractivity contribution >= 4 is 11.8 Å². The lowest BCUT2D eigenvalue weighted by molar-refractivity contribution is -0.134. The van der Waals surface area contributed by atoms with Gasteiger partial charge in [0.25, 0.3) is 0 Å². The van der Waals surface area contributed by atoms with Crippen LogP contribution in [-0.4, -0.2) is 17.9 Å². The molecule has 38 heavy (non-hydrogen) atoms. The zero-order valence-corrected chi connectivity index (χ0v) is 23.1. The average molecular weight is 511 g/mol. The Morgan fingerprint density at radius 3 is 2.50 bits per heavy atom. The fraction of sp³-hybridized carbons (Fsp3) is 0.529. The Kier molecular flexibility index (Phi) is 6.48. The number of fused-ring (bicyclic) bond motifs is 5. The third-order valence-electron chi connectivity index (χ3n) is 11.1. The van der Waals surface area contributed by atoms with E-state index in [1.807, 2.05) is 6.07 Å². The van der Waals surface area contributed by atoms with Crippen molar-refractivity contribution in [2.45, 2.75) is 77.8 Å². The quantitative estimate of drug-likeness (QED) is 0.495. The van der Waals surface area contributed by atoms with Crippen LogP contribution in [0.2, 0.25) is 0 Å². The molecule has 4 aliphatic rings. The summed E-state index contributed by atoms with van der Waals surface area (Å²) in [6.45, 7) is 6.89. The maximum atomic E-state index is 14.1. The molecule has 0 saturated heterocycles. The first-order valence-corrected chi connectivity index (χ1v) is 14.7. The normalized spacial score (nSPS) is 36.4. The summed E-state index contributed by atoms with van der Waals surface area (Å²) < 4.78 is 0. The van der Waals surface area contributed by atoms with E-state index < -0.39 is 0 Å². The third kappa shape index (κ3) is 4.30. The Balaban J connectivity index is 1.21. The van der Waals surface area contributed by atoms with Gasteiger partial charge in [0, 0.05) is 17.4 Å². The van der Waals surface area contributed by atoms with Gasteiger partial charge in [-0.3, -0.25) is 9.59 Å². The number of hydrogen-bond donors (Lipinski definition) is 2. The van der Waals surface area contributed by atoms with Crippen LogP contribution in [-0.2, 0) is 16.0 Å². The molecule has 4 nitrogen and oxygen atoms in total. The molecule has 6 rings (SSSR count). The first-order chi connectivity index (χ1) is 18.3. The van der Waals surface area contributed by atoms with Crippen molar-refractivity contribution in [1.29, 1.82) is 0 Å². The summed E-state index contributed by atoms with van der Waals surface area (Å²) in [5.41, 5.74) is 3.75. The molecule has 2 amide bonds. The van der Waals surface area contributed by atoms with Crippen LogP contribution in [0.1, 0.15) is 75.1 Å². The summed E-state index contributed by atoms with van der Waals surface area (Å²) in [5.74, 6) is 2.14. The predicted octanol–water partition coefficient (Wildman–Crippen LogP) is 6.31. The Morgan fingerprint density at radius 2 is 1.74 bits per heavy atom. The van der Waals surface area contributed by atoms with Crippen LogP contribution in [0.15, 0.2) is 66.7 Å². The molecule has 2 aromatic rings. The molecule has 0 spiro atoms. The largest absolute Gasteiger partial charge is 0.349 e. The summed E-state index contributed by atoms with van der Waals surface area (Å²) in [6.07, 6.45) is 11.3. The molecule has 200 valence electrons. The van der Waals surface area contributed by atoms with E-state index in [0.29, 0.717) is 17.8 Å². The standard InChI is InChI=1S/C34H42N2O2/c1-22-9-11-23(12-10-22)21-29(24-7-5-4-6-8-24)35-32(38)28-15-14-26-25-13-16-30-34(3,20-18-31(37)36-30)27(25)17-19-33(26,28)2/h4-12,18,20,25-30H,13-17,19,21H2,1-3H3,(H,35,38)(H,36,37)/t25-,26-,27+,28?,29?,30?,33-,34+/m0/s1. The fourth-order valence-corrected chi connectivity index (χ4v) is 8.93. The second kappa shape index (κ2) is 9.70. The molecule has 2 N–H and O–H groups in total. The lowest BCUT2D eigenvalue weighted by atomic mass is 9.48. The number of hydrogen-bond acceptors (Lipinski definition) is 2. The highest BCUT2D eigenvalue weighted by molar-refractivity contribution is 5.89. The van der Waals surface area contributed by atoms with Gasteiger partial charge in [0.05, 0.1) is 6.04 Å². The minimum Gasteiger partial charge on any atom is -0.349 e. The van der Waals surface area contributed by atoms with E-state index in [2.05, 4.69) is 86.0 Å². The summed E-state index contributed by atoms with van der Waals surface area (Å²) in [7, 11) is 0. The van der Waals surface area contributed by atoms with Crippen LogP contribution in [0.3, 0.4) is 0 Å². The maximum absolute atomic E-state index is 14.1. The zero-order valence-electron chi connectivity index (χ0n) is 23.1. The average Bonchev–Trinajstić information content (AvgIpc) is 3.28. The van der Waals surface area contributed by atoms with Gasteiger partial charge >= 0.3 is 0 Å². The van der Waals surface area contributed by atoms with Crippen LogP contribution < -0.4 is 10.6 Å². The summed E-state index contributed by atoms with van der Waals surface area (Å²) >= 11 is 0. The first-order valence-electron chi connectivity index (χ1n) is 14.7. The Morgan fingerprint density at radius 1 is 0.974 bits per heavy atom. The molecule has 8 atom stereocenters. The number of benzene rings is 2. The molecule has 1 heterocycles. The minimum atomic E-state index is -0.0317. The molecule has 4 heteroatoms. The highest BCUT2D eigenvalue weighted by atomic mass is 16.2. The smallest absolute Gasteiger partial charge is 0.243 e. The minimum absolute atomic E-state index is 0.0317. The molecule has 3 fully saturated rings. The number of carbonyl (C=O) groups is 2. The van der Waals surface area contributed by atoms with Crippen molar-refractivity contribution in [2.75, 3.05) is 0 Å². The van der Waals surface area contributed by atoms with Gasteiger partial charge in [0.15, 0.2) is 0 Å². The highest BCUT2D eigenvalue weighted by Crippen LogP contribution is 2.65. The molecule has 3 saturated carbocycles. The summed E-state index contributed by atoms with van der Waals surface area (Å²) in [5, 5.41) is 6.79. The van der Waals surface area contributed by atoms with Gasteiger partial charge in [-0.25, -0.2) is 0 Å². The van der Waals surface area contributed by atoms with Gasteiger partial charge < -0.3 is 10.6 Å². The highest BCUT2D eigenvalue weighted by Gasteiger charge is 2.60. The van der Waals surface area contributed by atoms with E-state index in [4.69, 9.17) is 0 Å². The summed E-state index contributed by atoms with van der Waals surface area (Å²) in [6, 6.07) is 19.3. The van der Waals surface area contributed by atoms with Gasteiger partial charge in [0.1, 0.15) is 0 Å². The van der Waals surface area contributed by atoms with Crippen LogP contribution in [0.4, 0.5) is 0 Å². The summed E-state index contributed by atoms with van der Waals surface area (Å²) in [4.78, 5) is 26.1. The molecule has 3 aliphatic carbocycles. The van der Waals surface area contributed by atoms with Crippen LogP contribution in [0.5, 0.6) is 0 Å². The molecule has 0 bridgehead atoms. The lowest BCUT2D eigenvalue weighted by Gasteiger charge is -2.58. The van der Waals surface area contributed by atoms with Crippen LogP contribution in [0.25, 0.3) is 0 Å². The molecule has 3 unspecified atom stereocenters. The molecule has 1 aliphatic heterocycles. The van der Waals surface area contributed by atoms with Crippen molar-refractivity contribution in [2.24, 2.45) is 34.5 Å². The number of carbonyl (C=O) groups excluding carboxylic acids is 2. The van der Waals surface area contributed by atoms with Crippen molar-refractivity contribution in [3.05, 3.63) is 83.4 Å². The second-order valence-electron chi connectivity index (χ2n) is 13.1. The maximum Gasteiger partial charge on any atom is 0.243 e. The molecule has 2 aromatic carbocycles. The fourth-order valence-electron chi connectivity index (χ4n) is 8.93. The van der Waals surface area contributed by atoms with Crippen molar-refractivity contribution in [3.8, 4) is 0 Å². The molecule has 0 radical (unpaired) electrons. The third-order valence-corrected chi connectivity index (χ3v) is 11.1. The van der Waals surface area contributed by atoms with Crippen molar-refractivity contribution < 1.29 is 9.59 Å². The van der Waals surface area contributed by atoms with E-state index in [-0.39, 0.29) is 40.6 Å². The second-order valence-corrected chi connectivity index (χ2v) is 13.1. The molecule has 0 aromatic heterocycles. The Bertz CT molecular complexity index is 1220. The number of nitrogens with one attached hydrogen (secondary N) is 2. The van der Waals surface area contributed by atoms with E-state index >= 15 is 0 Å². The van der Waals surface area contributed by atoms with Gasteiger partial charge in [0.2, 0.25) is 11.8 Å². The number of rotatable bonds is 5. The van der Waals surface area contributed by atoms with E-state index in [1.165, 1.54) is 16.7 Å². The van der Waals surface area contributed by atoms with Gasteiger partial charge in [-0.15, -0.1) is 0 Å². The lowest BCUT2D eigenvalue weighted by Crippen LogP contribution is -2.59. The Labute approximate surface area is 227 Å². The number of amides is 2. The van der Waals surface area contributed by atoms with Gasteiger partial charge in [-0.1, -0.05) is 80.1 Å². The van der Waals surface area contributed by atoms with Gasteiger partial charge in [-0.2, -0.15) is 0 Å². The monoisotopic (exact) mass is 510 g/mol.